The van der Waals surface area contributed by atoms with Crippen molar-refractivity contribution >= 4 is 50.7 Å². The Morgan fingerprint density at radius 1 is 0.826 bits per heavy atom. The summed E-state index contributed by atoms with van der Waals surface area (Å²) in [6.07, 6.45) is 0.188. The number of carbonyl (C=O) groups is 2. The standard InChI is InChI=1S/C35H37Cl2N3O5S/c1-4-45-33-18-12-11-17-31(33)40(46(43,44)28-15-9-6-10-16-28)24-34(41)39(23-27-19-20-29(36)30(37)21-27)32(35(42)38-25(2)3)22-26-13-7-5-8-14-26/h5-21,25,32H,4,22-24H2,1-3H3,(H,38,42). The van der Waals surface area contributed by atoms with E-state index in [2.05, 4.69) is 5.32 Å². The van der Waals surface area contributed by atoms with Gasteiger partial charge >= 0.3 is 0 Å². The van der Waals surface area contributed by atoms with Crippen LogP contribution in [0.15, 0.2) is 108 Å². The van der Waals surface area contributed by atoms with Crippen LogP contribution >= 0.6 is 23.2 Å². The van der Waals surface area contributed by atoms with E-state index in [1.54, 1.807) is 67.6 Å². The topological polar surface area (TPSA) is 96.0 Å². The smallest absolute Gasteiger partial charge is 0.264 e. The second-order valence-corrected chi connectivity index (χ2v) is 13.5. The first-order chi connectivity index (χ1) is 22.0. The van der Waals surface area contributed by atoms with Crippen LogP contribution in [0.1, 0.15) is 31.9 Å². The van der Waals surface area contributed by atoms with Gasteiger partial charge in [-0.25, -0.2) is 8.42 Å². The zero-order valence-corrected chi connectivity index (χ0v) is 28.2. The number of rotatable bonds is 14. The molecule has 0 bridgehead atoms. The summed E-state index contributed by atoms with van der Waals surface area (Å²) >= 11 is 12.5. The van der Waals surface area contributed by atoms with Crippen LogP contribution in [0, 0.1) is 0 Å². The second kappa shape index (κ2) is 16.0. The van der Waals surface area contributed by atoms with Crippen molar-refractivity contribution < 1.29 is 22.7 Å². The molecule has 8 nitrogen and oxygen atoms in total. The Morgan fingerprint density at radius 2 is 1.46 bits per heavy atom. The number of hydrogen-bond acceptors (Lipinski definition) is 5. The number of amides is 2. The van der Waals surface area contributed by atoms with E-state index < -0.39 is 28.5 Å². The van der Waals surface area contributed by atoms with Crippen LogP contribution in [0.5, 0.6) is 5.75 Å². The summed E-state index contributed by atoms with van der Waals surface area (Å²) in [5, 5.41) is 3.57. The van der Waals surface area contributed by atoms with Crippen LogP contribution in [-0.4, -0.2) is 50.4 Å². The van der Waals surface area contributed by atoms with Gasteiger partial charge in [-0.2, -0.15) is 0 Å². The zero-order chi connectivity index (χ0) is 33.3. The van der Waals surface area contributed by atoms with Crippen LogP contribution in [0.25, 0.3) is 0 Å². The molecular formula is C35H37Cl2N3O5S. The minimum absolute atomic E-state index is 0.00326. The third-order valence-electron chi connectivity index (χ3n) is 7.08. The van der Waals surface area contributed by atoms with Crippen molar-refractivity contribution in [1.82, 2.24) is 10.2 Å². The van der Waals surface area contributed by atoms with Gasteiger partial charge in [-0.05, 0) is 68.3 Å². The number of carbonyl (C=O) groups excluding carboxylic acids is 2. The summed E-state index contributed by atoms with van der Waals surface area (Å²) in [4.78, 5) is 29.8. The number of ether oxygens (including phenoxy) is 1. The van der Waals surface area contributed by atoms with Crippen molar-refractivity contribution in [3.05, 3.63) is 124 Å². The highest BCUT2D eigenvalue weighted by molar-refractivity contribution is 7.92. The molecule has 0 aliphatic carbocycles. The van der Waals surface area contributed by atoms with Gasteiger partial charge < -0.3 is 15.0 Å². The van der Waals surface area contributed by atoms with Crippen LogP contribution in [0.4, 0.5) is 5.69 Å². The van der Waals surface area contributed by atoms with Gasteiger partial charge in [0.05, 0.1) is 27.2 Å². The Morgan fingerprint density at radius 3 is 2.09 bits per heavy atom. The number of para-hydroxylation sites is 2. The first-order valence-electron chi connectivity index (χ1n) is 14.9. The highest BCUT2D eigenvalue weighted by Gasteiger charge is 2.35. The van der Waals surface area contributed by atoms with Crippen molar-refractivity contribution in [1.29, 1.82) is 0 Å². The molecule has 46 heavy (non-hydrogen) atoms. The third-order valence-corrected chi connectivity index (χ3v) is 9.60. The molecule has 0 fully saturated rings. The number of anilines is 1. The van der Waals surface area contributed by atoms with Crippen molar-refractivity contribution in [3.63, 3.8) is 0 Å². The van der Waals surface area contributed by atoms with Crippen LogP contribution in [0.2, 0.25) is 10.0 Å². The van der Waals surface area contributed by atoms with E-state index >= 15 is 0 Å². The van der Waals surface area contributed by atoms with E-state index in [1.165, 1.54) is 17.0 Å². The monoisotopic (exact) mass is 681 g/mol. The fourth-order valence-corrected chi connectivity index (χ4v) is 6.71. The normalized spacial score (nSPS) is 12.0. The average Bonchev–Trinajstić information content (AvgIpc) is 3.04. The summed E-state index contributed by atoms with van der Waals surface area (Å²) in [6.45, 7) is 5.09. The lowest BCUT2D eigenvalue weighted by atomic mass is 10.0. The van der Waals surface area contributed by atoms with Crippen LogP contribution in [0.3, 0.4) is 0 Å². The fourth-order valence-electron chi connectivity index (χ4n) is 4.94. The summed E-state index contributed by atoms with van der Waals surface area (Å²) in [7, 11) is -4.27. The summed E-state index contributed by atoms with van der Waals surface area (Å²) < 4.78 is 35.3. The minimum Gasteiger partial charge on any atom is -0.492 e. The molecule has 0 aliphatic rings. The number of nitrogens with one attached hydrogen (secondary N) is 1. The Balaban J connectivity index is 1.85. The molecule has 242 valence electrons. The summed E-state index contributed by atoms with van der Waals surface area (Å²) in [6, 6.07) is 27.6. The maximum atomic E-state index is 14.6. The van der Waals surface area contributed by atoms with Gasteiger partial charge in [-0.1, -0.05) is 89.9 Å². The molecule has 11 heteroatoms. The molecule has 0 spiro atoms. The number of sulfonamides is 1. The second-order valence-electron chi connectivity index (χ2n) is 10.9. The highest BCUT2D eigenvalue weighted by atomic mass is 35.5. The molecule has 2 amide bonds. The molecule has 4 aromatic rings. The highest BCUT2D eigenvalue weighted by Crippen LogP contribution is 2.33. The SMILES string of the molecule is CCOc1ccccc1N(CC(=O)N(Cc1ccc(Cl)c(Cl)c1)C(Cc1ccccc1)C(=O)NC(C)C)S(=O)(=O)c1ccccc1. The lowest BCUT2D eigenvalue weighted by molar-refractivity contribution is -0.140. The van der Waals surface area contributed by atoms with Gasteiger partial charge in [-0.15, -0.1) is 0 Å². The molecule has 1 N–H and O–H groups in total. The number of hydrogen-bond donors (Lipinski definition) is 1. The summed E-state index contributed by atoms with van der Waals surface area (Å²) in [5.41, 5.74) is 1.64. The first-order valence-corrected chi connectivity index (χ1v) is 17.1. The predicted molar refractivity (Wildman–Crippen MR) is 183 cm³/mol. The molecule has 4 rings (SSSR count). The van der Waals surface area contributed by atoms with Crippen molar-refractivity contribution in [2.75, 3.05) is 17.5 Å². The van der Waals surface area contributed by atoms with E-state index in [0.717, 1.165) is 9.87 Å². The molecular weight excluding hydrogens is 645 g/mol. The third kappa shape index (κ3) is 8.81. The number of nitrogens with zero attached hydrogens (tertiary/aromatic N) is 2. The van der Waals surface area contributed by atoms with Gasteiger partial charge in [0.15, 0.2) is 0 Å². The molecule has 1 atom stereocenters. The maximum absolute atomic E-state index is 14.6. The van der Waals surface area contributed by atoms with Crippen molar-refractivity contribution in [3.8, 4) is 5.75 Å². The van der Waals surface area contributed by atoms with Crippen LogP contribution in [-0.2, 0) is 32.6 Å². The molecule has 4 aromatic carbocycles. The van der Waals surface area contributed by atoms with E-state index in [1.807, 2.05) is 44.2 Å². The van der Waals surface area contributed by atoms with E-state index in [4.69, 9.17) is 27.9 Å². The predicted octanol–water partition coefficient (Wildman–Crippen LogP) is 6.75. The Hall–Kier alpha value is -4.05. The molecule has 0 aromatic heterocycles. The van der Waals surface area contributed by atoms with Gasteiger partial charge in [-0.3, -0.25) is 13.9 Å². The Labute approximate surface area is 280 Å². The maximum Gasteiger partial charge on any atom is 0.264 e. The van der Waals surface area contributed by atoms with E-state index in [0.29, 0.717) is 16.3 Å². The van der Waals surface area contributed by atoms with E-state index in [-0.39, 0.29) is 47.1 Å². The lowest BCUT2D eigenvalue weighted by Gasteiger charge is -2.34. The molecule has 0 saturated heterocycles. The minimum atomic E-state index is -4.27. The quantitative estimate of drug-likeness (QED) is 0.159. The van der Waals surface area contributed by atoms with Crippen molar-refractivity contribution in [2.24, 2.45) is 0 Å². The summed E-state index contributed by atoms with van der Waals surface area (Å²) in [5.74, 6) is -0.678. The van der Waals surface area contributed by atoms with Gasteiger partial charge in [0.2, 0.25) is 11.8 Å². The Kier molecular flexibility index (Phi) is 12.1. The van der Waals surface area contributed by atoms with Crippen LogP contribution < -0.4 is 14.4 Å². The van der Waals surface area contributed by atoms with Crippen molar-refractivity contribution in [2.45, 2.75) is 50.7 Å². The molecule has 0 saturated carbocycles. The van der Waals surface area contributed by atoms with Gasteiger partial charge in [0.25, 0.3) is 10.0 Å². The molecule has 0 aliphatic heterocycles. The van der Waals surface area contributed by atoms with Gasteiger partial charge in [0, 0.05) is 19.0 Å². The molecule has 1 unspecified atom stereocenters. The van der Waals surface area contributed by atoms with E-state index in [9.17, 15) is 18.0 Å². The number of benzene rings is 4. The fraction of sp³-hybridized carbons (Fsp3) is 0.257. The number of halogens is 2. The average molecular weight is 683 g/mol. The van der Waals surface area contributed by atoms with Gasteiger partial charge in [0.1, 0.15) is 18.3 Å². The Bertz CT molecular complexity index is 1740. The zero-order valence-electron chi connectivity index (χ0n) is 25.9. The lowest BCUT2D eigenvalue weighted by Crippen LogP contribution is -2.54. The molecule has 0 heterocycles. The first kappa shape index (κ1) is 34.8. The molecule has 0 radical (unpaired) electrons. The largest absolute Gasteiger partial charge is 0.492 e.